The number of para-hydroxylation sites is 1. The molecule has 116 valence electrons. The molecule has 0 radical (unpaired) electrons. The Morgan fingerprint density at radius 2 is 2.14 bits per heavy atom. The number of esters is 1. The van der Waals surface area contributed by atoms with Crippen molar-refractivity contribution >= 4 is 5.97 Å². The summed E-state index contributed by atoms with van der Waals surface area (Å²) in [6.45, 7) is 1.91. The Balaban J connectivity index is 1.88. The van der Waals surface area contributed by atoms with Crippen molar-refractivity contribution in [1.29, 1.82) is 0 Å². The molecule has 21 heavy (non-hydrogen) atoms. The van der Waals surface area contributed by atoms with Gasteiger partial charge in [-0.15, -0.1) is 0 Å². The molecule has 0 saturated carbocycles. The van der Waals surface area contributed by atoms with Crippen LogP contribution in [0.1, 0.15) is 29.6 Å². The van der Waals surface area contributed by atoms with Crippen LogP contribution >= 0.6 is 0 Å². The number of hydrogen-bond acceptors (Lipinski definition) is 5. The van der Waals surface area contributed by atoms with E-state index in [1.54, 1.807) is 25.3 Å². The van der Waals surface area contributed by atoms with Crippen LogP contribution in [0.3, 0.4) is 0 Å². The summed E-state index contributed by atoms with van der Waals surface area (Å²) in [5, 5.41) is 0. The lowest BCUT2D eigenvalue weighted by Gasteiger charge is -2.22. The molecule has 5 nitrogen and oxygen atoms in total. The van der Waals surface area contributed by atoms with Crippen molar-refractivity contribution in [2.75, 3.05) is 33.5 Å². The first kappa shape index (κ1) is 15.8. The van der Waals surface area contributed by atoms with Crippen molar-refractivity contribution < 1.29 is 23.7 Å². The summed E-state index contributed by atoms with van der Waals surface area (Å²) >= 11 is 0. The fraction of sp³-hybridized carbons (Fsp3) is 0.562. The minimum absolute atomic E-state index is 0.0178. The van der Waals surface area contributed by atoms with Gasteiger partial charge in [-0.05, 0) is 31.4 Å². The number of benzene rings is 1. The zero-order valence-electron chi connectivity index (χ0n) is 12.4. The third kappa shape index (κ3) is 5.02. The first-order chi connectivity index (χ1) is 10.3. The molecule has 1 atom stereocenters. The molecule has 0 bridgehead atoms. The van der Waals surface area contributed by atoms with Gasteiger partial charge in [0.15, 0.2) is 0 Å². The van der Waals surface area contributed by atoms with Gasteiger partial charge in [0.05, 0.1) is 12.7 Å². The van der Waals surface area contributed by atoms with Crippen molar-refractivity contribution in [2.45, 2.75) is 25.4 Å². The molecular weight excluding hydrogens is 272 g/mol. The van der Waals surface area contributed by atoms with Crippen molar-refractivity contribution in [1.82, 2.24) is 0 Å². The summed E-state index contributed by atoms with van der Waals surface area (Å²) in [5.74, 6) is 0.140. The van der Waals surface area contributed by atoms with Crippen LogP contribution in [0.15, 0.2) is 24.3 Å². The van der Waals surface area contributed by atoms with Gasteiger partial charge in [0.2, 0.25) is 0 Å². The molecule has 0 aliphatic carbocycles. The summed E-state index contributed by atoms with van der Waals surface area (Å²) < 4.78 is 21.4. The third-order valence-electron chi connectivity index (χ3n) is 3.33. The van der Waals surface area contributed by atoms with Gasteiger partial charge in [-0.1, -0.05) is 12.1 Å². The molecule has 0 aromatic heterocycles. The highest BCUT2D eigenvalue weighted by Crippen LogP contribution is 2.20. The highest BCUT2D eigenvalue weighted by atomic mass is 16.6. The predicted octanol–water partition coefficient (Wildman–Crippen LogP) is 2.44. The molecule has 1 fully saturated rings. The molecule has 1 heterocycles. The van der Waals surface area contributed by atoms with Crippen molar-refractivity contribution in [2.24, 2.45) is 0 Å². The maximum atomic E-state index is 12.2. The Labute approximate surface area is 125 Å². The normalized spacial score (nSPS) is 18.2. The van der Waals surface area contributed by atoms with Crippen molar-refractivity contribution in [3.63, 3.8) is 0 Å². The second-order valence-electron chi connectivity index (χ2n) is 4.92. The Bertz CT molecular complexity index is 440. The number of carbonyl (C=O) groups is 1. The van der Waals surface area contributed by atoms with E-state index in [1.807, 2.05) is 6.07 Å². The molecule has 5 heteroatoms. The minimum Gasteiger partial charge on any atom is -0.490 e. The summed E-state index contributed by atoms with van der Waals surface area (Å²) in [7, 11) is 1.60. The van der Waals surface area contributed by atoms with E-state index in [4.69, 9.17) is 18.9 Å². The average molecular weight is 294 g/mol. The smallest absolute Gasteiger partial charge is 0.342 e. The molecule has 1 aromatic carbocycles. The molecule has 1 saturated heterocycles. The van der Waals surface area contributed by atoms with E-state index in [0.29, 0.717) is 31.1 Å². The first-order valence-corrected chi connectivity index (χ1v) is 7.30. The van der Waals surface area contributed by atoms with Gasteiger partial charge < -0.3 is 18.9 Å². The number of ether oxygens (including phenoxy) is 4. The number of carbonyl (C=O) groups excluding carboxylic acids is 1. The maximum absolute atomic E-state index is 12.2. The van der Waals surface area contributed by atoms with Gasteiger partial charge in [0, 0.05) is 13.7 Å². The molecule has 1 aliphatic rings. The van der Waals surface area contributed by atoms with E-state index in [9.17, 15) is 4.79 Å². The van der Waals surface area contributed by atoms with Crippen LogP contribution in [0.25, 0.3) is 0 Å². The van der Waals surface area contributed by atoms with Gasteiger partial charge in [-0.3, -0.25) is 0 Å². The fourth-order valence-corrected chi connectivity index (χ4v) is 2.18. The van der Waals surface area contributed by atoms with Gasteiger partial charge >= 0.3 is 5.97 Å². The first-order valence-electron chi connectivity index (χ1n) is 7.30. The lowest BCUT2D eigenvalue weighted by Crippen LogP contribution is -2.26. The molecular formula is C16H22O5. The molecule has 0 spiro atoms. The molecule has 2 rings (SSSR count). The van der Waals surface area contributed by atoms with E-state index in [1.165, 1.54) is 0 Å². The highest BCUT2D eigenvalue weighted by molar-refractivity contribution is 5.92. The number of methoxy groups -OCH3 is 1. The fourth-order valence-electron chi connectivity index (χ4n) is 2.18. The zero-order chi connectivity index (χ0) is 14.9. The van der Waals surface area contributed by atoms with Crippen molar-refractivity contribution in [3.05, 3.63) is 29.8 Å². The van der Waals surface area contributed by atoms with Crippen LogP contribution < -0.4 is 4.74 Å². The predicted molar refractivity (Wildman–Crippen MR) is 77.7 cm³/mol. The Morgan fingerprint density at radius 3 is 2.90 bits per heavy atom. The molecule has 1 unspecified atom stereocenters. The van der Waals surface area contributed by atoms with Crippen LogP contribution in [0, 0.1) is 0 Å². The lowest BCUT2D eigenvalue weighted by molar-refractivity contribution is -0.0301. The van der Waals surface area contributed by atoms with E-state index in [-0.39, 0.29) is 12.1 Å². The van der Waals surface area contributed by atoms with E-state index >= 15 is 0 Å². The second-order valence-corrected chi connectivity index (χ2v) is 4.92. The zero-order valence-corrected chi connectivity index (χ0v) is 12.4. The standard InChI is InChI=1S/C16H22O5/c1-18-10-11-20-15-8-3-2-7-14(15)16(17)21-12-13-6-4-5-9-19-13/h2-3,7-8,13H,4-6,9-12H2,1H3. The van der Waals surface area contributed by atoms with Gasteiger partial charge in [0.25, 0.3) is 0 Å². The Kier molecular flexibility index (Phi) is 6.50. The molecule has 0 N–H and O–H groups in total. The molecule has 0 amide bonds. The van der Waals surface area contributed by atoms with Crippen LogP contribution in [0.4, 0.5) is 0 Å². The highest BCUT2D eigenvalue weighted by Gasteiger charge is 2.18. The summed E-state index contributed by atoms with van der Waals surface area (Å²) in [4.78, 5) is 12.2. The lowest BCUT2D eigenvalue weighted by atomic mass is 10.1. The molecule has 1 aliphatic heterocycles. The molecule has 1 aromatic rings. The SMILES string of the molecule is COCCOc1ccccc1C(=O)OCC1CCCCO1. The second kappa shape index (κ2) is 8.64. The third-order valence-corrected chi connectivity index (χ3v) is 3.33. The van der Waals surface area contributed by atoms with E-state index < -0.39 is 0 Å². The Hall–Kier alpha value is -1.59. The van der Waals surface area contributed by atoms with Gasteiger partial charge in [-0.25, -0.2) is 4.79 Å². The summed E-state index contributed by atoms with van der Waals surface area (Å²) in [6.07, 6.45) is 3.17. The monoisotopic (exact) mass is 294 g/mol. The van der Waals surface area contributed by atoms with Gasteiger partial charge in [0.1, 0.15) is 24.5 Å². The minimum atomic E-state index is -0.378. The quantitative estimate of drug-likeness (QED) is 0.571. The van der Waals surface area contributed by atoms with Crippen LogP contribution in [0.5, 0.6) is 5.75 Å². The summed E-state index contributed by atoms with van der Waals surface area (Å²) in [5.41, 5.74) is 0.435. The number of hydrogen-bond donors (Lipinski definition) is 0. The van der Waals surface area contributed by atoms with E-state index in [2.05, 4.69) is 0 Å². The van der Waals surface area contributed by atoms with Crippen LogP contribution in [-0.4, -0.2) is 45.6 Å². The van der Waals surface area contributed by atoms with Crippen LogP contribution in [0.2, 0.25) is 0 Å². The largest absolute Gasteiger partial charge is 0.490 e. The maximum Gasteiger partial charge on any atom is 0.342 e. The van der Waals surface area contributed by atoms with Crippen molar-refractivity contribution in [3.8, 4) is 5.75 Å². The Morgan fingerprint density at radius 1 is 1.29 bits per heavy atom. The van der Waals surface area contributed by atoms with Crippen LogP contribution in [-0.2, 0) is 14.2 Å². The number of rotatable bonds is 7. The average Bonchev–Trinajstić information content (AvgIpc) is 2.54. The van der Waals surface area contributed by atoms with Gasteiger partial charge in [-0.2, -0.15) is 0 Å². The van der Waals surface area contributed by atoms with E-state index in [0.717, 1.165) is 25.9 Å². The topological polar surface area (TPSA) is 54.0 Å². The summed E-state index contributed by atoms with van der Waals surface area (Å²) in [6, 6.07) is 7.07.